The molecule has 0 saturated carbocycles. The number of halogens is 3. The van der Waals surface area contributed by atoms with Crippen LogP contribution in [0.15, 0.2) is 28.8 Å². The van der Waals surface area contributed by atoms with Crippen molar-refractivity contribution in [2.45, 2.75) is 13.1 Å². The molecule has 0 aliphatic heterocycles. The normalized spacial score (nSPS) is 11.8. The number of rotatable bonds is 1. The van der Waals surface area contributed by atoms with Gasteiger partial charge >= 0.3 is 6.18 Å². The standard InChI is InChI=1S/C11H9F3N2O/c1-6-3-2-4-7(11(12,13)14)10(6)8-5-9(15)16-17-8/h2-5H,1H3,(H2,15,16). The van der Waals surface area contributed by atoms with Crippen molar-refractivity contribution in [1.29, 1.82) is 0 Å². The molecular weight excluding hydrogens is 233 g/mol. The number of benzene rings is 1. The van der Waals surface area contributed by atoms with Crippen LogP contribution >= 0.6 is 0 Å². The molecule has 3 nitrogen and oxygen atoms in total. The van der Waals surface area contributed by atoms with Gasteiger partial charge in [-0.05, 0) is 18.6 Å². The molecule has 0 radical (unpaired) electrons. The summed E-state index contributed by atoms with van der Waals surface area (Å²) in [6, 6.07) is 5.20. The zero-order valence-electron chi connectivity index (χ0n) is 8.88. The van der Waals surface area contributed by atoms with Crippen molar-refractivity contribution in [1.82, 2.24) is 5.16 Å². The van der Waals surface area contributed by atoms with Crippen LogP contribution < -0.4 is 5.73 Å². The van der Waals surface area contributed by atoms with Crippen LogP contribution in [-0.4, -0.2) is 5.16 Å². The fourth-order valence-corrected chi connectivity index (χ4v) is 1.64. The maximum atomic E-state index is 12.8. The fraction of sp³-hybridized carbons (Fsp3) is 0.182. The van der Waals surface area contributed by atoms with Gasteiger partial charge in [-0.25, -0.2) is 0 Å². The minimum Gasteiger partial charge on any atom is -0.381 e. The van der Waals surface area contributed by atoms with Gasteiger partial charge in [-0.15, -0.1) is 0 Å². The third-order valence-corrected chi connectivity index (χ3v) is 2.35. The van der Waals surface area contributed by atoms with E-state index in [0.29, 0.717) is 5.56 Å². The minimum absolute atomic E-state index is 0.0212. The Hall–Kier alpha value is -1.98. The second kappa shape index (κ2) is 3.80. The summed E-state index contributed by atoms with van der Waals surface area (Å²) in [5.41, 5.74) is 5.01. The first kappa shape index (κ1) is 11.5. The summed E-state index contributed by atoms with van der Waals surface area (Å²) in [5, 5.41) is 3.39. The van der Waals surface area contributed by atoms with Crippen molar-refractivity contribution in [3.05, 3.63) is 35.4 Å². The Labute approximate surface area is 95.0 Å². The molecule has 1 aromatic carbocycles. The van der Waals surface area contributed by atoms with Gasteiger partial charge in [-0.2, -0.15) is 13.2 Å². The smallest absolute Gasteiger partial charge is 0.381 e. The molecule has 0 aliphatic carbocycles. The van der Waals surface area contributed by atoms with E-state index in [2.05, 4.69) is 5.16 Å². The van der Waals surface area contributed by atoms with Crippen LogP contribution in [0.25, 0.3) is 11.3 Å². The van der Waals surface area contributed by atoms with Crippen molar-refractivity contribution in [3.8, 4) is 11.3 Å². The average molecular weight is 242 g/mol. The Morgan fingerprint density at radius 2 is 2.00 bits per heavy atom. The van der Waals surface area contributed by atoms with Gasteiger partial charge < -0.3 is 10.3 Å². The molecule has 0 unspecified atom stereocenters. The zero-order chi connectivity index (χ0) is 12.6. The first-order valence-electron chi connectivity index (χ1n) is 4.79. The summed E-state index contributed by atoms with van der Waals surface area (Å²) < 4.78 is 43.3. The van der Waals surface area contributed by atoms with E-state index in [0.717, 1.165) is 6.07 Å². The molecule has 2 aromatic rings. The Morgan fingerprint density at radius 1 is 1.29 bits per heavy atom. The highest BCUT2D eigenvalue weighted by atomic mass is 19.4. The van der Waals surface area contributed by atoms with Crippen molar-refractivity contribution in [2.75, 3.05) is 5.73 Å². The van der Waals surface area contributed by atoms with Gasteiger partial charge in [0.15, 0.2) is 11.6 Å². The van der Waals surface area contributed by atoms with E-state index in [-0.39, 0.29) is 17.1 Å². The molecule has 2 N–H and O–H groups in total. The topological polar surface area (TPSA) is 52.0 Å². The molecule has 17 heavy (non-hydrogen) atoms. The molecule has 0 aliphatic rings. The van der Waals surface area contributed by atoms with Gasteiger partial charge in [0.25, 0.3) is 0 Å². The van der Waals surface area contributed by atoms with Crippen LogP contribution in [-0.2, 0) is 6.18 Å². The van der Waals surface area contributed by atoms with Gasteiger partial charge in [0.05, 0.1) is 5.56 Å². The second-order valence-corrected chi connectivity index (χ2v) is 3.61. The Bertz CT molecular complexity index is 546. The predicted molar refractivity (Wildman–Crippen MR) is 56.1 cm³/mol. The Morgan fingerprint density at radius 3 is 2.53 bits per heavy atom. The monoisotopic (exact) mass is 242 g/mol. The van der Waals surface area contributed by atoms with Crippen molar-refractivity contribution in [3.63, 3.8) is 0 Å². The quantitative estimate of drug-likeness (QED) is 0.835. The number of nitrogen functional groups attached to an aromatic ring is 1. The van der Waals surface area contributed by atoms with Gasteiger partial charge in [-0.3, -0.25) is 0 Å². The van der Waals surface area contributed by atoms with Crippen molar-refractivity contribution in [2.24, 2.45) is 0 Å². The summed E-state index contributed by atoms with van der Waals surface area (Å²) in [7, 11) is 0. The number of aromatic nitrogens is 1. The average Bonchev–Trinajstić information content (AvgIpc) is 2.63. The molecule has 0 atom stereocenters. The molecule has 0 fully saturated rings. The van der Waals surface area contributed by atoms with E-state index in [1.54, 1.807) is 13.0 Å². The maximum Gasteiger partial charge on any atom is 0.417 e. The van der Waals surface area contributed by atoms with Gasteiger partial charge in [0.2, 0.25) is 0 Å². The lowest BCUT2D eigenvalue weighted by molar-refractivity contribution is -0.137. The number of aryl methyl sites for hydroxylation is 1. The summed E-state index contributed by atoms with van der Waals surface area (Å²) in [6.07, 6.45) is -4.44. The SMILES string of the molecule is Cc1cccc(C(F)(F)F)c1-c1cc(N)no1. The second-order valence-electron chi connectivity index (χ2n) is 3.61. The summed E-state index contributed by atoms with van der Waals surface area (Å²) in [5.74, 6) is 0.0734. The number of nitrogens with two attached hydrogens (primary N) is 1. The molecule has 0 spiro atoms. The maximum absolute atomic E-state index is 12.8. The summed E-state index contributed by atoms with van der Waals surface area (Å²) in [4.78, 5) is 0. The Balaban J connectivity index is 2.67. The Kier molecular flexibility index (Phi) is 2.57. The van der Waals surface area contributed by atoms with Crippen LogP contribution in [0.1, 0.15) is 11.1 Å². The van der Waals surface area contributed by atoms with E-state index in [1.807, 2.05) is 0 Å². The zero-order valence-corrected chi connectivity index (χ0v) is 8.88. The predicted octanol–water partition coefficient (Wildman–Crippen LogP) is 3.25. The van der Waals surface area contributed by atoms with Crippen LogP contribution in [0.3, 0.4) is 0 Å². The lowest BCUT2D eigenvalue weighted by Crippen LogP contribution is -2.07. The first-order valence-corrected chi connectivity index (χ1v) is 4.79. The van der Waals surface area contributed by atoms with Crippen molar-refractivity contribution >= 4 is 5.82 Å². The van der Waals surface area contributed by atoms with Crippen molar-refractivity contribution < 1.29 is 17.7 Å². The molecule has 0 saturated heterocycles. The third kappa shape index (κ3) is 2.11. The van der Waals surface area contributed by atoms with Gasteiger partial charge in [-0.1, -0.05) is 17.3 Å². The number of alkyl halides is 3. The molecule has 90 valence electrons. The van der Waals surface area contributed by atoms with Gasteiger partial charge in [0.1, 0.15) is 0 Å². The van der Waals surface area contributed by atoms with E-state index in [9.17, 15) is 13.2 Å². The lowest BCUT2D eigenvalue weighted by Gasteiger charge is -2.12. The molecule has 2 rings (SSSR count). The van der Waals surface area contributed by atoms with Crippen LogP contribution in [0, 0.1) is 6.92 Å². The molecular formula is C11H9F3N2O. The molecule has 0 amide bonds. The number of nitrogens with zero attached hydrogens (tertiary/aromatic N) is 1. The number of anilines is 1. The van der Waals surface area contributed by atoms with Crippen LogP contribution in [0.2, 0.25) is 0 Å². The fourth-order valence-electron chi connectivity index (χ4n) is 1.64. The van der Waals surface area contributed by atoms with E-state index in [4.69, 9.17) is 10.3 Å². The summed E-state index contributed by atoms with van der Waals surface area (Å²) in [6.45, 7) is 1.57. The highest BCUT2D eigenvalue weighted by molar-refractivity contribution is 5.68. The molecule has 1 heterocycles. The molecule has 1 aromatic heterocycles. The lowest BCUT2D eigenvalue weighted by atomic mass is 9.99. The number of hydrogen-bond acceptors (Lipinski definition) is 3. The van der Waals surface area contributed by atoms with E-state index in [1.165, 1.54) is 12.1 Å². The molecule has 6 heteroatoms. The minimum atomic E-state index is -4.44. The first-order chi connectivity index (χ1) is 7.89. The van der Waals surface area contributed by atoms with Crippen LogP contribution in [0.5, 0.6) is 0 Å². The summed E-state index contributed by atoms with van der Waals surface area (Å²) >= 11 is 0. The van der Waals surface area contributed by atoms with E-state index < -0.39 is 11.7 Å². The molecule has 0 bridgehead atoms. The third-order valence-electron chi connectivity index (χ3n) is 2.35. The van der Waals surface area contributed by atoms with E-state index >= 15 is 0 Å². The number of hydrogen-bond donors (Lipinski definition) is 1. The largest absolute Gasteiger partial charge is 0.417 e. The highest BCUT2D eigenvalue weighted by Gasteiger charge is 2.35. The highest BCUT2D eigenvalue weighted by Crippen LogP contribution is 2.39. The van der Waals surface area contributed by atoms with Crippen LogP contribution in [0.4, 0.5) is 19.0 Å². The van der Waals surface area contributed by atoms with Gasteiger partial charge in [0, 0.05) is 11.6 Å².